The monoisotopic (exact) mass is 264 g/mol. The number of hydrogen-bond donors (Lipinski definition) is 1. The fourth-order valence-corrected chi connectivity index (χ4v) is 2.71. The van der Waals surface area contributed by atoms with Crippen molar-refractivity contribution in [2.45, 2.75) is 19.6 Å². The van der Waals surface area contributed by atoms with E-state index < -0.39 is 5.97 Å². The van der Waals surface area contributed by atoms with Gasteiger partial charge >= 0.3 is 5.97 Å². The Labute approximate surface area is 108 Å². The molecule has 0 bridgehead atoms. The molecule has 18 heavy (non-hydrogen) atoms. The van der Waals surface area contributed by atoms with E-state index in [-0.39, 0.29) is 5.01 Å². The van der Waals surface area contributed by atoms with E-state index >= 15 is 0 Å². The van der Waals surface area contributed by atoms with E-state index in [0.29, 0.717) is 6.54 Å². The van der Waals surface area contributed by atoms with E-state index in [2.05, 4.69) is 19.4 Å². The zero-order chi connectivity index (χ0) is 12.5. The Bertz CT molecular complexity index is 577. The quantitative estimate of drug-likeness (QED) is 0.897. The fraction of sp³-hybridized carbons (Fsp3) is 0.364. The van der Waals surface area contributed by atoms with Gasteiger partial charge in [0.05, 0.1) is 12.2 Å². The average molecular weight is 264 g/mol. The minimum atomic E-state index is -0.958. The molecule has 0 aromatic carbocycles. The summed E-state index contributed by atoms with van der Waals surface area (Å²) in [6.45, 7) is 3.32. The van der Waals surface area contributed by atoms with Crippen LogP contribution in [0.4, 0.5) is 0 Å². The second-order valence-electron chi connectivity index (χ2n) is 4.20. The van der Waals surface area contributed by atoms with Gasteiger partial charge in [-0.25, -0.2) is 14.8 Å². The van der Waals surface area contributed by atoms with Crippen molar-refractivity contribution in [3.05, 3.63) is 34.3 Å². The van der Waals surface area contributed by atoms with Crippen molar-refractivity contribution in [3.63, 3.8) is 0 Å². The van der Waals surface area contributed by atoms with Gasteiger partial charge in [0.25, 0.3) is 0 Å². The molecule has 3 rings (SSSR count). The third-order valence-electron chi connectivity index (χ3n) is 2.94. The number of imidazole rings is 1. The molecule has 7 heteroatoms. The number of carbonyl (C=O) groups is 1. The number of aromatic carboxylic acids is 1. The number of rotatable bonds is 3. The lowest BCUT2D eigenvalue weighted by Crippen LogP contribution is -2.33. The van der Waals surface area contributed by atoms with Gasteiger partial charge in [-0.1, -0.05) is 0 Å². The lowest BCUT2D eigenvalue weighted by atomic mass is 10.3. The Morgan fingerprint density at radius 3 is 3.17 bits per heavy atom. The number of carboxylic acid groups (broad SMARTS) is 1. The van der Waals surface area contributed by atoms with Crippen LogP contribution in [0.3, 0.4) is 0 Å². The molecule has 0 aliphatic carbocycles. The summed E-state index contributed by atoms with van der Waals surface area (Å²) in [5, 5.41) is 10.8. The maximum atomic E-state index is 10.8. The van der Waals surface area contributed by atoms with Gasteiger partial charge in [-0.3, -0.25) is 4.90 Å². The fourth-order valence-electron chi connectivity index (χ4n) is 2.07. The molecular weight excluding hydrogens is 252 g/mol. The van der Waals surface area contributed by atoms with Crippen molar-refractivity contribution in [3.8, 4) is 0 Å². The molecule has 0 saturated carbocycles. The van der Waals surface area contributed by atoms with Crippen LogP contribution in [0.2, 0.25) is 0 Å². The second kappa shape index (κ2) is 4.51. The molecule has 0 amide bonds. The molecule has 0 radical (unpaired) electrons. The molecular formula is C11H12N4O2S. The van der Waals surface area contributed by atoms with Crippen molar-refractivity contribution >= 4 is 17.3 Å². The summed E-state index contributed by atoms with van der Waals surface area (Å²) in [5.41, 5.74) is 0.817. The van der Waals surface area contributed by atoms with Crippen LogP contribution in [0.5, 0.6) is 0 Å². The van der Waals surface area contributed by atoms with Gasteiger partial charge in [-0.15, -0.1) is 11.3 Å². The summed E-state index contributed by atoms with van der Waals surface area (Å²) in [5.74, 6) is 0.0929. The minimum absolute atomic E-state index is 0.156. The summed E-state index contributed by atoms with van der Waals surface area (Å²) in [6.07, 6.45) is 3.79. The molecule has 94 valence electrons. The van der Waals surface area contributed by atoms with Gasteiger partial charge in [-0.2, -0.15) is 0 Å². The molecule has 0 saturated heterocycles. The van der Waals surface area contributed by atoms with Gasteiger partial charge in [0.15, 0.2) is 0 Å². The summed E-state index contributed by atoms with van der Waals surface area (Å²) >= 11 is 1.18. The van der Waals surface area contributed by atoms with Crippen molar-refractivity contribution < 1.29 is 9.90 Å². The molecule has 0 unspecified atom stereocenters. The van der Waals surface area contributed by atoms with Crippen LogP contribution in [0, 0.1) is 0 Å². The van der Waals surface area contributed by atoms with Gasteiger partial charge in [0.1, 0.15) is 5.82 Å². The van der Waals surface area contributed by atoms with E-state index in [1.165, 1.54) is 11.3 Å². The Kier molecular flexibility index (Phi) is 2.85. The van der Waals surface area contributed by atoms with Gasteiger partial charge < -0.3 is 9.67 Å². The highest BCUT2D eigenvalue weighted by Gasteiger charge is 2.18. The van der Waals surface area contributed by atoms with E-state index in [9.17, 15) is 4.79 Å². The normalized spacial score (nSPS) is 15.6. The Balaban J connectivity index is 1.68. The van der Waals surface area contributed by atoms with Gasteiger partial charge in [0.2, 0.25) is 5.01 Å². The number of thiazole rings is 1. The first-order valence-corrected chi connectivity index (χ1v) is 6.50. The van der Waals surface area contributed by atoms with Crippen molar-refractivity contribution in [2.24, 2.45) is 0 Å². The van der Waals surface area contributed by atoms with Crippen molar-refractivity contribution in [1.82, 2.24) is 19.4 Å². The molecule has 1 N–H and O–H groups in total. The third kappa shape index (κ3) is 2.14. The van der Waals surface area contributed by atoms with E-state index in [1.807, 2.05) is 17.8 Å². The number of aromatic nitrogens is 3. The standard InChI is InChI=1S/C11H12N4O2S/c16-11(17)10-13-8(7-18-10)5-14-3-4-15-2-1-12-9(15)6-14/h1-2,7H,3-6H2,(H,16,17). The Hall–Kier alpha value is -1.73. The molecule has 6 nitrogen and oxygen atoms in total. The number of nitrogens with zero attached hydrogens (tertiary/aromatic N) is 4. The maximum absolute atomic E-state index is 10.8. The van der Waals surface area contributed by atoms with Crippen LogP contribution >= 0.6 is 11.3 Å². The first-order chi connectivity index (χ1) is 8.72. The molecule has 2 aromatic heterocycles. The smallest absolute Gasteiger partial charge is 0.365 e. The van der Waals surface area contributed by atoms with Crippen LogP contribution in [-0.4, -0.2) is 37.1 Å². The summed E-state index contributed by atoms with van der Waals surface area (Å²) in [7, 11) is 0. The van der Waals surface area contributed by atoms with Crippen molar-refractivity contribution in [2.75, 3.05) is 6.54 Å². The molecule has 2 aromatic rings. The highest BCUT2D eigenvalue weighted by Crippen LogP contribution is 2.16. The highest BCUT2D eigenvalue weighted by molar-refractivity contribution is 7.11. The second-order valence-corrected chi connectivity index (χ2v) is 5.05. The minimum Gasteiger partial charge on any atom is -0.476 e. The zero-order valence-corrected chi connectivity index (χ0v) is 10.4. The predicted octanol–water partition coefficient (Wildman–Crippen LogP) is 1.05. The summed E-state index contributed by atoms with van der Waals surface area (Å²) in [4.78, 5) is 21.4. The van der Waals surface area contributed by atoms with E-state index in [0.717, 1.165) is 31.2 Å². The molecule has 3 heterocycles. The Morgan fingerprint density at radius 1 is 1.50 bits per heavy atom. The molecule has 0 fully saturated rings. The topological polar surface area (TPSA) is 71.2 Å². The lowest BCUT2D eigenvalue weighted by molar-refractivity contribution is 0.0696. The van der Waals surface area contributed by atoms with Crippen LogP contribution in [0.15, 0.2) is 17.8 Å². The zero-order valence-electron chi connectivity index (χ0n) is 9.61. The van der Waals surface area contributed by atoms with E-state index in [4.69, 9.17) is 5.11 Å². The van der Waals surface area contributed by atoms with Crippen molar-refractivity contribution in [1.29, 1.82) is 0 Å². The Morgan fingerprint density at radius 2 is 2.39 bits per heavy atom. The van der Waals surface area contributed by atoms with Gasteiger partial charge in [-0.05, 0) is 0 Å². The maximum Gasteiger partial charge on any atom is 0.365 e. The summed E-state index contributed by atoms with van der Waals surface area (Å²) in [6, 6.07) is 0. The van der Waals surface area contributed by atoms with E-state index in [1.54, 1.807) is 0 Å². The molecule has 0 atom stereocenters. The predicted molar refractivity (Wildman–Crippen MR) is 65.4 cm³/mol. The number of fused-ring (bicyclic) bond motifs is 1. The molecule has 0 spiro atoms. The molecule has 1 aliphatic heterocycles. The van der Waals surface area contributed by atoms with Crippen LogP contribution in [0.25, 0.3) is 0 Å². The summed E-state index contributed by atoms with van der Waals surface area (Å²) < 4.78 is 2.14. The molecule has 1 aliphatic rings. The SMILES string of the molecule is O=C(O)c1nc(CN2CCn3ccnc3C2)cs1. The van der Waals surface area contributed by atoms with Crippen LogP contribution in [-0.2, 0) is 19.6 Å². The number of hydrogen-bond acceptors (Lipinski definition) is 5. The average Bonchev–Trinajstić information content (AvgIpc) is 2.96. The van der Waals surface area contributed by atoms with Gasteiger partial charge in [0, 0.05) is 37.4 Å². The lowest BCUT2D eigenvalue weighted by Gasteiger charge is -2.26. The number of carboxylic acids is 1. The first kappa shape index (κ1) is 11.4. The van der Waals surface area contributed by atoms with Crippen LogP contribution < -0.4 is 0 Å². The van der Waals surface area contributed by atoms with Crippen LogP contribution in [0.1, 0.15) is 21.3 Å². The third-order valence-corrected chi connectivity index (χ3v) is 3.82. The first-order valence-electron chi connectivity index (χ1n) is 5.62. The highest BCUT2D eigenvalue weighted by atomic mass is 32.1. The largest absolute Gasteiger partial charge is 0.476 e.